The molecule has 1 saturated heterocycles. The Morgan fingerprint density at radius 2 is 2.04 bits per heavy atom. The van der Waals surface area contributed by atoms with E-state index in [9.17, 15) is 4.79 Å². The summed E-state index contributed by atoms with van der Waals surface area (Å²) in [6.07, 6.45) is 3.84. The zero-order valence-corrected chi connectivity index (χ0v) is 14.6. The molecule has 3 heterocycles. The molecule has 3 aliphatic heterocycles. The zero-order chi connectivity index (χ0) is 17.5. The second-order valence-electron chi connectivity index (χ2n) is 6.33. The third kappa shape index (κ3) is 2.70. The number of amidine groups is 1. The van der Waals surface area contributed by atoms with Crippen LogP contribution in [0.5, 0.6) is 5.75 Å². The lowest BCUT2D eigenvalue weighted by molar-refractivity contribution is -0.800. The number of hydrogen-bond donors (Lipinski definition) is 3. The van der Waals surface area contributed by atoms with Gasteiger partial charge in [-0.15, -0.1) is 5.43 Å². The van der Waals surface area contributed by atoms with Crippen molar-refractivity contribution in [1.82, 2.24) is 5.43 Å². The van der Waals surface area contributed by atoms with Crippen molar-refractivity contribution in [3.63, 3.8) is 0 Å². The third-order valence-electron chi connectivity index (χ3n) is 4.64. The molecule has 6 nitrogen and oxygen atoms in total. The maximum atomic E-state index is 11.7. The predicted molar refractivity (Wildman–Crippen MR) is 101 cm³/mol. The maximum Gasteiger partial charge on any atom is 0.287 e. The lowest BCUT2D eigenvalue weighted by Crippen LogP contribution is -3.16. The summed E-state index contributed by atoms with van der Waals surface area (Å²) in [5, 5.41) is 5.09. The van der Waals surface area contributed by atoms with Gasteiger partial charge in [0.2, 0.25) is 0 Å². The highest BCUT2D eigenvalue weighted by Gasteiger charge is 2.40. The summed E-state index contributed by atoms with van der Waals surface area (Å²) in [4.78, 5) is 16.1. The van der Waals surface area contributed by atoms with E-state index >= 15 is 0 Å². The smallest absolute Gasteiger partial charge is 0.287 e. The van der Waals surface area contributed by atoms with Gasteiger partial charge in [0.25, 0.3) is 11.1 Å². The van der Waals surface area contributed by atoms with Crippen LogP contribution in [0.2, 0.25) is 0 Å². The average Bonchev–Trinajstić information content (AvgIpc) is 3.14. The van der Waals surface area contributed by atoms with Gasteiger partial charge in [0.05, 0.1) is 23.2 Å². The molecule has 0 radical (unpaired) electrons. The van der Waals surface area contributed by atoms with Crippen LogP contribution in [0.1, 0.15) is 22.4 Å². The van der Waals surface area contributed by atoms with E-state index in [0.717, 1.165) is 21.4 Å². The number of nitrogens with one attached hydrogen (secondary N) is 3. The summed E-state index contributed by atoms with van der Waals surface area (Å²) < 4.78 is 5.49. The number of quaternary nitrogens is 1. The Bertz CT molecular complexity index is 928. The fourth-order valence-electron chi connectivity index (χ4n) is 3.41. The SMILES string of the molecule is O=C1COc2ccc(C3SC4=NC=C[NH+]4NC3c3ccccc3)cc2N1. The van der Waals surface area contributed by atoms with Crippen molar-refractivity contribution in [3.05, 3.63) is 72.1 Å². The van der Waals surface area contributed by atoms with Crippen LogP contribution in [0.15, 0.2) is 65.9 Å². The molecule has 0 saturated carbocycles. The summed E-state index contributed by atoms with van der Waals surface area (Å²) in [6.45, 7) is 0.0690. The number of thioether (sulfide) groups is 1. The molecule has 0 bridgehead atoms. The topological polar surface area (TPSA) is 67.2 Å². The van der Waals surface area contributed by atoms with Crippen LogP contribution in [0.3, 0.4) is 0 Å². The Hall–Kier alpha value is -2.61. The van der Waals surface area contributed by atoms with Crippen molar-refractivity contribution in [2.75, 3.05) is 11.9 Å². The van der Waals surface area contributed by atoms with Crippen molar-refractivity contribution < 1.29 is 14.5 Å². The van der Waals surface area contributed by atoms with Gasteiger partial charge < -0.3 is 10.1 Å². The monoisotopic (exact) mass is 365 g/mol. The molecule has 0 aliphatic carbocycles. The molecule has 1 fully saturated rings. The number of nitrogens with zero attached hydrogens (tertiary/aromatic N) is 1. The van der Waals surface area contributed by atoms with Crippen LogP contribution in [0.4, 0.5) is 5.69 Å². The quantitative estimate of drug-likeness (QED) is 0.759. The number of rotatable bonds is 2. The minimum absolute atomic E-state index is 0.0690. The summed E-state index contributed by atoms with van der Waals surface area (Å²) in [6, 6.07) is 16.5. The Morgan fingerprint density at radius 1 is 1.15 bits per heavy atom. The van der Waals surface area contributed by atoms with Crippen LogP contribution in [-0.2, 0) is 4.79 Å². The molecule has 5 rings (SSSR count). The Labute approximate surface area is 154 Å². The first kappa shape index (κ1) is 15.6. The van der Waals surface area contributed by atoms with E-state index in [0.29, 0.717) is 5.75 Å². The number of hydrogen-bond acceptors (Lipinski definition) is 5. The molecule has 0 aromatic heterocycles. The van der Waals surface area contributed by atoms with E-state index in [1.807, 2.05) is 30.6 Å². The fraction of sp³-hybridized carbons (Fsp3) is 0.158. The molecular formula is C19H17N4O2S+. The summed E-state index contributed by atoms with van der Waals surface area (Å²) in [5.41, 5.74) is 6.70. The van der Waals surface area contributed by atoms with Gasteiger partial charge in [0.15, 0.2) is 6.61 Å². The number of carbonyl (C=O) groups is 1. The van der Waals surface area contributed by atoms with E-state index in [2.05, 4.69) is 46.1 Å². The van der Waals surface area contributed by atoms with Gasteiger partial charge in [-0.1, -0.05) is 36.4 Å². The molecule has 3 atom stereocenters. The minimum Gasteiger partial charge on any atom is -0.482 e. The molecule has 3 aliphatic rings. The standard InChI is InChI=1S/C19H16N4O2S/c24-16-11-25-15-7-6-13(10-14(15)21-16)18-17(12-4-2-1-3-5-12)22-23-9-8-20-19(23)26-18/h1-10,17-18,22H,11H2,(H,21,24)/p+1. The van der Waals surface area contributed by atoms with E-state index in [4.69, 9.17) is 4.74 Å². The van der Waals surface area contributed by atoms with Gasteiger partial charge in [0, 0.05) is 0 Å². The number of fused-ring (bicyclic) bond motifs is 2. The lowest BCUT2D eigenvalue weighted by Gasteiger charge is -2.34. The average molecular weight is 365 g/mol. The summed E-state index contributed by atoms with van der Waals surface area (Å²) in [7, 11) is 0. The largest absolute Gasteiger partial charge is 0.482 e. The molecular weight excluding hydrogens is 348 g/mol. The van der Waals surface area contributed by atoms with E-state index in [1.165, 1.54) is 5.56 Å². The highest BCUT2D eigenvalue weighted by atomic mass is 32.2. The zero-order valence-electron chi connectivity index (χ0n) is 13.8. The van der Waals surface area contributed by atoms with Gasteiger partial charge in [-0.05, 0) is 35.0 Å². The molecule has 3 N–H and O–H groups in total. The Balaban J connectivity index is 1.54. The van der Waals surface area contributed by atoms with Crippen molar-refractivity contribution in [3.8, 4) is 5.75 Å². The van der Waals surface area contributed by atoms with Crippen LogP contribution < -0.4 is 20.5 Å². The lowest BCUT2D eigenvalue weighted by atomic mass is 9.98. The number of aliphatic imine (C=N–C) groups is 1. The molecule has 130 valence electrons. The van der Waals surface area contributed by atoms with Crippen LogP contribution in [0.25, 0.3) is 0 Å². The summed E-state index contributed by atoms with van der Waals surface area (Å²) in [5.74, 6) is 0.592. The Morgan fingerprint density at radius 3 is 2.92 bits per heavy atom. The second kappa shape index (κ2) is 6.28. The maximum absolute atomic E-state index is 11.7. The molecule has 1 amide bonds. The fourth-order valence-corrected chi connectivity index (χ4v) is 4.67. The van der Waals surface area contributed by atoms with E-state index in [1.54, 1.807) is 11.8 Å². The number of benzene rings is 2. The first-order valence-electron chi connectivity index (χ1n) is 8.44. The van der Waals surface area contributed by atoms with Crippen LogP contribution in [-0.4, -0.2) is 17.7 Å². The number of carbonyl (C=O) groups excluding carboxylic acids is 1. The third-order valence-corrected chi connectivity index (χ3v) is 5.99. The first-order chi connectivity index (χ1) is 12.8. The Kier molecular flexibility index (Phi) is 3.77. The molecule has 0 spiro atoms. The van der Waals surface area contributed by atoms with E-state index in [-0.39, 0.29) is 23.8 Å². The molecule has 7 heteroatoms. The van der Waals surface area contributed by atoms with Gasteiger partial charge in [0.1, 0.15) is 11.9 Å². The number of amides is 1. The predicted octanol–water partition coefficient (Wildman–Crippen LogP) is 1.78. The number of anilines is 1. The van der Waals surface area contributed by atoms with Crippen molar-refractivity contribution in [1.29, 1.82) is 0 Å². The molecule has 3 unspecified atom stereocenters. The minimum atomic E-state index is -0.122. The van der Waals surface area contributed by atoms with Gasteiger partial charge >= 0.3 is 0 Å². The van der Waals surface area contributed by atoms with Gasteiger partial charge in [-0.3, -0.25) is 4.79 Å². The van der Waals surface area contributed by atoms with Crippen molar-refractivity contribution >= 4 is 28.5 Å². The van der Waals surface area contributed by atoms with Crippen LogP contribution in [0, 0.1) is 0 Å². The molecule has 2 aromatic rings. The van der Waals surface area contributed by atoms with Crippen molar-refractivity contribution in [2.24, 2.45) is 4.99 Å². The van der Waals surface area contributed by atoms with Gasteiger partial charge in [-0.2, -0.15) is 10.0 Å². The normalized spacial score (nSPS) is 26.4. The summed E-state index contributed by atoms with van der Waals surface area (Å²) >= 11 is 1.74. The van der Waals surface area contributed by atoms with Gasteiger partial charge in [-0.25, -0.2) is 0 Å². The van der Waals surface area contributed by atoms with Crippen molar-refractivity contribution in [2.45, 2.75) is 11.3 Å². The van der Waals surface area contributed by atoms with Crippen LogP contribution >= 0.6 is 11.8 Å². The van der Waals surface area contributed by atoms with E-state index < -0.39 is 0 Å². The second-order valence-corrected chi connectivity index (χ2v) is 7.46. The highest BCUT2D eigenvalue weighted by molar-refractivity contribution is 8.13. The number of ether oxygens (including phenoxy) is 1. The highest BCUT2D eigenvalue weighted by Crippen LogP contribution is 2.44. The first-order valence-corrected chi connectivity index (χ1v) is 9.32. The molecule has 26 heavy (non-hydrogen) atoms. The molecule has 2 aromatic carbocycles.